The van der Waals surface area contributed by atoms with Gasteiger partial charge in [0, 0.05) is 22.2 Å². The maximum absolute atomic E-state index is 13.5. The second-order valence-electron chi connectivity index (χ2n) is 4.86. The zero-order valence-electron chi connectivity index (χ0n) is 10.8. The second kappa shape index (κ2) is 6.80. The SMILES string of the molecule is Fc1cccc(C(CCl)(CCl)Cc2cccc(Cl)c2)c1. The molecule has 0 heterocycles. The van der Waals surface area contributed by atoms with Crippen molar-refractivity contribution in [2.45, 2.75) is 11.8 Å². The lowest BCUT2D eigenvalue weighted by Crippen LogP contribution is -2.33. The Morgan fingerprint density at radius 2 is 1.65 bits per heavy atom. The van der Waals surface area contributed by atoms with Crippen molar-refractivity contribution < 1.29 is 4.39 Å². The second-order valence-corrected chi connectivity index (χ2v) is 5.84. The smallest absolute Gasteiger partial charge is 0.123 e. The van der Waals surface area contributed by atoms with Crippen LogP contribution >= 0.6 is 34.8 Å². The zero-order valence-corrected chi connectivity index (χ0v) is 13.0. The van der Waals surface area contributed by atoms with Crippen molar-refractivity contribution in [3.05, 3.63) is 70.5 Å². The number of alkyl halides is 2. The third-order valence-corrected chi connectivity index (χ3v) is 4.64. The van der Waals surface area contributed by atoms with Crippen LogP contribution in [0.25, 0.3) is 0 Å². The van der Waals surface area contributed by atoms with Crippen LogP contribution < -0.4 is 0 Å². The van der Waals surface area contributed by atoms with Crippen molar-refractivity contribution in [2.75, 3.05) is 11.8 Å². The van der Waals surface area contributed by atoms with Crippen LogP contribution in [0.1, 0.15) is 11.1 Å². The molecule has 2 aromatic rings. The van der Waals surface area contributed by atoms with Crippen LogP contribution in [-0.2, 0) is 11.8 Å². The summed E-state index contributed by atoms with van der Waals surface area (Å²) < 4.78 is 13.5. The number of halogens is 4. The van der Waals surface area contributed by atoms with E-state index in [1.807, 2.05) is 30.3 Å². The maximum Gasteiger partial charge on any atom is 0.123 e. The lowest BCUT2D eigenvalue weighted by molar-refractivity contribution is 0.528. The molecule has 4 heteroatoms. The van der Waals surface area contributed by atoms with Gasteiger partial charge in [0.25, 0.3) is 0 Å². The number of hydrogen-bond acceptors (Lipinski definition) is 0. The molecule has 0 N–H and O–H groups in total. The predicted octanol–water partition coefficient (Wildman–Crippen LogP) is 5.44. The molecule has 0 atom stereocenters. The molecule has 0 unspecified atom stereocenters. The first-order valence-electron chi connectivity index (χ1n) is 6.22. The Kier molecular flexibility index (Phi) is 5.31. The average Bonchev–Trinajstić information content (AvgIpc) is 2.45. The fourth-order valence-electron chi connectivity index (χ4n) is 2.24. The van der Waals surface area contributed by atoms with E-state index in [-0.39, 0.29) is 5.82 Å². The Hall–Kier alpha value is -0.760. The standard InChI is InChI=1S/C16H14Cl3F/c17-10-16(11-18,13-4-2-6-15(20)8-13)9-12-3-1-5-14(19)7-12/h1-8H,9-11H2. The molecule has 2 aromatic carbocycles. The molecule has 2 rings (SSSR count). The summed E-state index contributed by atoms with van der Waals surface area (Å²) in [6, 6.07) is 14.0. The molecule has 0 aliphatic rings. The first-order chi connectivity index (χ1) is 9.59. The van der Waals surface area contributed by atoms with E-state index < -0.39 is 5.41 Å². The van der Waals surface area contributed by atoms with Crippen molar-refractivity contribution in [3.8, 4) is 0 Å². The Bertz CT molecular complexity index is 579. The van der Waals surface area contributed by atoms with Gasteiger partial charge in [0.05, 0.1) is 0 Å². The minimum Gasteiger partial charge on any atom is -0.207 e. The summed E-state index contributed by atoms with van der Waals surface area (Å²) in [5, 5.41) is 0.666. The number of hydrogen-bond donors (Lipinski definition) is 0. The molecule has 0 spiro atoms. The molecule has 0 bridgehead atoms. The summed E-state index contributed by atoms with van der Waals surface area (Å²) in [5.41, 5.74) is 1.33. The largest absolute Gasteiger partial charge is 0.207 e. The molecular formula is C16H14Cl3F. The van der Waals surface area contributed by atoms with Crippen molar-refractivity contribution in [3.63, 3.8) is 0 Å². The average molecular weight is 332 g/mol. The minimum absolute atomic E-state index is 0.284. The van der Waals surface area contributed by atoms with Gasteiger partial charge in [-0.15, -0.1) is 23.2 Å². The lowest BCUT2D eigenvalue weighted by Gasteiger charge is -2.30. The van der Waals surface area contributed by atoms with Gasteiger partial charge >= 0.3 is 0 Å². The Morgan fingerprint density at radius 1 is 0.950 bits per heavy atom. The lowest BCUT2D eigenvalue weighted by atomic mass is 9.78. The first-order valence-corrected chi connectivity index (χ1v) is 7.67. The molecule has 0 saturated carbocycles. The third-order valence-electron chi connectivity index (χ3n) is 3.38. The third kappa shape index (κ3) is 3.46. The normalized spacial score (nSPS) is 11.6. The van der Waals surface area contributed by atoms with Gasteiger partial charge in [-0.3, -0.25) is 0 Å². The molecule has 106 valence electrons. The molecule has 0 radical (unpaired) electrons. The van der Waals surface area contributed by atoms with Gasteiger partial charge in [-0.05, 0) is 41.8 Å². The fourth-order valence-corrected chi connectivity index (χ4v) is 3.24. The molecule has 0 nitrogen and oxygen atoms in total. The van der Waals surface area contributed by atoms with E-state index in [2.05, 4.69) is 0 Å². The monoisotopic (exact) mass is 330 g/mol. The van der Waals surface area contributed by atoms with Gasteiger partial charge in [0.2, 0.25) is 0 Å². The van der Waals surface area contributed by atoms with Crippen LogP contribution in [0.15, 0.2) is 48.5 Å². The Balaban J connectivity index is 2.39. The highest BCUT2D eigenvalue weighted by Gasteiger charge is 2.31. The molecule has 0 aromatic heterocycles. The van der Waals surface area contributed by atoms with Crippen LogP contribution in [0.3, 0.4) is 0 Å². The molecule has 20 heavy (non-hydrogen) atoms. The van der Waals surface area contributed by atoms with Crippen LogP contribution in [0.5, 0.6) is 0 Å². The van der Waals surface area contributed by atoms with E-state index >= 15 is 0 Å². The van der Waals surface area contributed by atoms with E-state index in [0.717, 1.165) is 11.1 Å². The van der Waals surface area contributed by atoms with Gasteiger partial charge in [-0.2, -0.15) is 0 Å². The number of benzene rings is 2. The highest BCUT2D eigenvalue weighted by atomic mass is 35.5. The van der Waals surface area contributed by atoms with E-state index in [9.17, 15) is 4.39 Å². The van der Waals surface area contributed by atoms with Crippen molar-refractivity contribution >= 4 is 34.8 Å². The van der Waals surface area contributed by atoms with Gasteiger partial charge in [0.15, 0.2) is 0 Å². The van der Waals surface area contributed by atoms with Gasteiger partial charge in [-0.25, -0.2) is 4.39 Å². The highest BCUT2D eigenvalue weighted by molar-refractivity contribution is 6.30. The van der Waals surface area contributed by atoms with E-state index in [1.165, 1.54) is 12.1 Å². The van der Waals surface area contributed by atoms with Gasteiger partial charge < -0.3 is 0 Å². The van der Waals surface area contributed by atoms with E-state index in [1.54, 1.807) is 6.07 Å². The van der Waals surface area contributed by atoms with Crippen molar-refractivity contribution in [1.29, 1.82) is 0 Å². The summed E-state index contributed by atoms with van der Waals surface area (Å²) in [5.74, 6) is 0.340. The highest BCUT2D eigenvalue weighted by Crippen LogP contribution is 2.32. The van der Waals surface area contributed by atoms with Crippen LogP contribution in [-0.4, -0.2) is 11.8 Å². The molecule has 0 aliphatic heterocycles. The number of rotatable bonds is 5. The zero-order chi connectivity index (χ0) is 14.6. The Labute approximate surface area is 133 Å². The van der Waals surface area contributed by atoms with Crippen LogP contribution in [0, 0.1) is 5.82 Å². The molecule has 0 saturated heterocycles. The van der Waals surface area contributed by atoms with Crippen molar-refractivity contribution in [1.82, 2.24) is 0 Å². The molecular weight excluding hydrogens is 318 g/mol. The molecule has 0 amide bonds. The Morgan fingerprint density at radius 3 is 2.25 bits per heavy atom. The summed E-state index contributed by atoms with van der Waals surface area (Å²) in [7, 11) is 0. The van der Waals surface area contributed by atoms with Crippen LogP contribution in [0.2, 0.25) is 5.02 Å². The summed E-state index contributed by atoms with van der Waals surface area (Å²) in [6.45, 7) is 0. The maximum atomic E-state index is 13.5. The van der Waals surface area contributed by atoms with Crippen LogP contribution in [0.4, 0.5) is 4.39 Å². The van der Waals surface area contributed by atoms with Gasteiger partial charge in [-0.1, -0.05) is 35.9 Å². The predicted molar refractivity (Wildman–Crippen MR) is 84.7 cm³/mol. The first kappa shape index (κ1) is 15.6. The van der Waals surface area contributed by atoms with Crippen molar-refractivity contribution in [2.24, 2.45) is 0 Å². The summed E-state index contributed by atoms with van der Waals surface area (Å²) >= 11 is 18.3. The topological polar surface area (TPSA) is 0 Å². The van der Waals surface area contributed by atoms with E-state index in [4.69, 9.17) is 34.8 Å². The molecule has 0 fully saturated rings. The minimum atomic E-state index is -0.504. The fraction of sp³-hybridized carbons (Fsp3) is 0.250. The van der Waals surface area contributed by atoms with Gasteiger partial charge in [0.1, 0.15) is 5.82 Å². The summed E-state index contributed by atoms with van der Waals surface area (Å²) in [4.78, 5) is 0. The summed E-state index contributed by atoms with van der Waals surface area (Å²) in [6.07, 6.45) is 0.615. The van der Waals surface area contributed by atoms with E-state index in [0.29, 0.717) is 23.2 Å². The molecule has 0 aliphatic carbocycles. The quantitative estimate of drug-likeness (QED) is 0.640.